The maximum absolute atomic E-state index is 4.44. The average molecular weight is 318 g/mol. The summed E-state index contributed by atoms with van der Waals surface area (Å²) in [5.74, 6) is 0.845. The number of benzene rings is 2. The van der Waals surface area contributed by atoms with E-state index < -0.39 is 0 Å². The Kier molecular flexibility index (Phi) is 3.81. The molecule has 0 fully saturated rings. The Morgan fingerprint density at radius 1 is 1.12 bits per heavy atom. The van der Waals surface area contributed by atoms with Gasteiger partial charge in [0.05, 0.1) is 12.1 Å². The highest BCUT2D eigenvalue weighted by Gasteiger charge is 2.29. The fourth-order valence-corrected chi connectivity index (χ4v) is 3.48. The third kappa shape index (κ3) is 2.68. The summed E-state index contributed by atoms with van der Waals surface area (Å²) in [5.41, 5.74) is 5.24. The van der Waals surface area contributed by atoms with E-state index in [-0.39, 0.29) is 12.1 Å². The first kappa shape index (κ1) is 14.9. The van der Waals surface area contributed by atoms with E-state index in [2.05, 4.69) is 77.8 Å². The third-order valence-electron chi connectivity index (χ3n) is 4.85. The van der Waals surface area contributed by atoms with Gasteiger partial charge in [0.2, 0.25) is 5.95 Å². The van der Waals surface area contributed by atoms with Gasteiger partial charge < -0.3 is 5.32 Å². The van der Waals surface area contributed by atoms with E-state index in [4.69, 9.17) is 0 Å². The molecule has 2 atom stereocenters. The number of hydrogen-bond donors (Lipinski definition) is 1. The van der Waals surface area contributed by atoms with Crippen LogP contribution in [0.25, 0.3) is 0 Å². The van der Waals surface area contributed by atoms with Crippen LogP contribution in [0.3, 0.4) is 0 Å². The summed E-state index contributed by atoms with van der Waals surface area (Å²) in [6, 6.07) is 18.0. The van der Waals surface area contributed by atoms with E-state index in [1.54, 1.807) is 6.33 Å². The predicted molar refractivity (Wildman–Crippen MR) is 96.1 cm³/mol. The van der Waals surface area contributed by atoms with Gasteiger partial charge in [-0.2, -0.15) is 10.1 Å². The minimum absolute atomic E-state index is 0.208. The van der Waals surface area contributed by atoms with Crippen LogP contribution in [0, 0.1) is 6.92 Å². The molecule has 3 aromatic rings. The van der Waals surface area contributed by atoms with Crippen molar-refractivity contribution in [3.8, 4) is 0 Å². The number of hydrogen-bond acceptors (Lipinski definition) is 3. The summed E-state index contributed by atoms with van der Waals surface area (Å²) in [4.78, 5) is 4.41. The van der Waals surface area contributed by atoms with Crippen LogP contribution >= 0.6 is 0 Å². The van der Waals surface area contributed by atoms with E-state index in [0.29, 0.717) is 0 Å². The third-order valence-corrected chi connectivity index (χ3v) is 4.85. The van der Waals surface area contributed by atoms with Crippen molar-refractivity contribution in [2.45, 2.75) is 38.8 Å². The lowest BCUT2D eigenvalue weighted by atomic mass is 9.92. The molecule has 2 aromatic carbocycles. The molecule has 4 nitrogen and oxygen atoms in total. The molecule has 24 heavy (non-hydrogen) atoms. The minimum Gasteiger partial charge on any atom is -0.348 e. The van der Waals surface area contributed by atoms with Crippen molar-refractivity contribution in [1.29, 1.82) is 0 Å². The molecule has 122 valence electrons. The molecular formula is C20H22N4. The molecule has 1 aromatic heterocycles. The second kappa shape index (κ2) is 6.11. The van der Waals surface area contributed by atoms with Crippen LogP contribution in [0.5, 0.6) is 0 Å². The number of anilines is 1. The maximum Gasteiger partial charge on any atom is 0.222 e. The number of aryl methyl sites for hydroxylation is 2. The van der Waals surface area contributed by atoms with E-state index in [9.17, 15) is 0 Å². The monoisotopic (exact) mass is 318 g/mol. The van der Waals surface area contributed by atoms with Crippen molar-refractivity contribution in [1.82, 2.24) is 14.8 Å². The molecule has 0 radical (unpaired) electrons. The second-order valence-electron chi connectivity index (χ2n) is 6.49. The number of fused-ring (bicyclic) bond motifs is 1. The zero-order chi connectivity index (χ0) is 16.5. The number of rotatable bonds is 3. The van der Waals surface area contributed by atoms with Gasteiger partial charge in [0, 0.05) is 0 Å². The molecule has 1 aliphatic rings. The Hall–Kier alpha value is -2.62. The predicted octanol–water partition coefficient (Wildman–Crippen LogP) is 4.30. The van der Waals surface area contributed by atoms with Gasteiger partial charge in [0.25, 0.3) is 0 Å². The molecule has 1 N–H and O–H groups in total. The number of nitrogens with one attached hydrogen (secondary N) is 1. The molecule has 4 heteroatoms. The molecule has 0 bridgehead atoms. The lowest BCUT2D eigenvalue weighted by Gasteiger charge is -2.32. The average Bonchev–Trinajstić information content (AvgIpc) is 3.09. The van der Waals surface area contributed by atoms with E-state index in [0.717, 1.165) is 18.8 Å². The molecule has 0 saturated heterocycles. The van der Waals surface area contributed by atoms with Crippen molar-refractivity contribution in [2.75, 3.05) is 5.32 Å². The smallest absolute Gasteiger partial charge is 0.222 e. The van der Waals surface area contributed by atoms with Crippen molar-refractivity contribution in [3.63, 3.8) is 0 Å². The number of nitrogens with zero attached hydrogens (tertiary/aromatic N) is 3. The Morgan fingerprint density at radius 2 is 1.96 bits per heavy atom. The van der Waals surface area contributed by atoms with Crippen LogP contribution in [0.1, 0.15) is 47.7 Å². The topological polar surface area (TPSA) is 42.7 Å². The van der Waals surface area contributed by atoms with Gasteiger partial charge in [-0.15, -0.1) is 0 Å². The molecule has 2 heterocycles. The van der Waals surface area contributed by atoms with Crippen molar-refractivity contribution < 1.29 is 0 Å². The Balaban J connectivity index is 1.70. The Labute approximate surface area is 142 Å². The van der Waals surface area contributed by atoms with E-state index in [1.807, 2.05) is 4.68 Å². The molecular weight excluding hydrogens is 296 g/mol. The van der Waals surface area contributed by atoms with Gasteiger partial charge in [0.1, 0.15) is 6.33 Å². The normalized spacial score (nSPS) is 19.6. The zero-order valence-electron chi connectivity index (χ0n) is 14.1. The van der Waals surface area contributed by atoms with E-state index in [1.165, 1.54) is 22.3 Å². The van der Waals surface area contributed by atoms with Crippen molar-refractivity contribution in [2.24, 2.45) is 0 Å². The summed E-state index contributed by atoms with van der Waals surface area (Å²) in [6.07, 6.45) is 3.66. The molecule has 0 spiro atoms. The van der Waals surface area contributed by atoms with Gasteiger partial charge >= 0.3 is 0 Å². The van der Waals surface area contributed by atoms with Crippen LogP contribution < -0.4 is 5.32 Å². The Bertz CT molecular complexity index is 835. The molecule has 4 rings (SSSR count). The minimum atomic E-state index is 0.208. The summed E-state index contributed by atoms with van der Waals surface area (Å²) in [6.45, 7) is 4.32. The van der Waals surface area contributed by atoms with Gasteiger partial charge in [0.15, 0.2) is 0 Å². The number of aromatic nitrogens is 3. The largest absolute Gasteiger partial charge is 0.348 e. The van der Waals surface area contributed by atoms with E-state index >= 15 is 0 Å². The summed E-state index contributed by atoms with van der Waals surface area (Å²) in [5, 5.41) is 7.98. The standard InChI is InChI=1S/C20H22N4/c1-3-15-7-9-16(10-8-15)18-12-19(17-6-4-5-14(2)11-17)24-20(23-18)21-13-22-24/h4-11,13,18-19H,3,12H2,1-2H3,(H,21,22,23)/t18-,19-/m1/s1. The molecule has 0 amide bonds. The van der Waals surface area contributed by atoms with Gasteiger partial charge in [-0.25, -0.2) is 4.68 Å². The van der Waals surface area contributed by atoms with Crippen LogP contribution in [-0.4, -0.2) is 14.8 Å². The zero-order valence-corrected chi connectivity index (χ0v) is 14.1. The lowest BCUT2D eigenvalue weighted by molar-refractivity contribution is 0.430. The highest BCUT2D eigenvalue weighted by molar-refractivity contribution is 5.39. The Morgan fingerprint density at radius 3 is 2.71 bits per heavy atom. The summed E-state index contributed by atoms with van der Waals surface area (Å²) >= 11 is 0. The first-order chi connectivity index (χ1) is 11.7. The van der Waals surface area contributed by atoms with Crippen LogP contribution in [0.4, 0.5) is 5.95 Å². The molecule has 0 saturated carbocycles. The summed E-state index contributed by atoms with van der Waals surface area (Å²) < 4.78 is 2.01. The van der Waals surface area contributed by atoms with Gasteiger partial charge in [-0.3, -0.25) is 0 Å². The first-order valence-electron chi connectivity index (χ1n) is 8.56. The molecule has 0 aliphatic carbocycles. The van der Waals surface area contributed by atoms with Gasteiger partial charge in [-0.1, -0.05) is 61.0 Å². The quantitative estimate of drug-likeness (QED) is 0.783. The highest BCUT2D eigenvalue weighted by Crippen LogP contribution is 2.37. The van der Waals surface area contributed by atoms with Crippen molar-refractivity contribution in [3.05, 3.63) is 77.1 Å². The van der Waals surface area contributed by atoms with Crippen LogP contribution in [0.2, 0.25) is 0 Å². The molecule has 0 unspecified atom stereocenters. The highest BCUT2D eigenvalue weighted by atomic mass is 15.4. The van der Waals surface area contributed by atoms with Crippen LogP contribution in [0.15, 0.2) is 54.9 Å². The fraction of sp³-hybridized carbons (Fsp3) is 0.300. The van der Waals surface area contributed by atoms with Crippen molar-refractivity contribution >= 4 is 5.95 Å². The first-order valence-corrected chi connectivity index (χ1v) is 8.56. The van der Waals surface area contributed by atoms with Crippen LogP contribution in [-0.2, 0) is 6.42 Å². The second-order valence-corrected chi connectivity index (χ2v) is 6.49. The summed E-state index contributed by atoms with van der Waals surface area (Å²) in [7, 11) is 0. The maximum atomic E-state index is 4.44. The molecule has 1 aliphatic heterocycles. The lowest BCUT2D eigenvalue weighted by Crippen LogP contribution is -2.28. The SMILES string of the molecule is CCc1ccc([C@H]2C[C@H](c3cccc(C)c3)n3ncnc3N2)cc1. The fourth-order valence-electron chi connectivity index (χ4n) is 3.48. The van der Waals surface area contributed by atoms with Gasteiger partial charge in [-0.05, 0) is 36.5 Å².